The summed E-state index contributed by atoms with van der Waals surface area (Å²) in [6.07, 6.45) is 1.34. The van der Waals surface area contributed by atoms with Gasteiger partial charge in [-0.1, -0.05) is 0 Å². The van der Waals surface area contributed by atoms with E-state index in [2.05, 4.69) is 17.2 Å². The smallest absolute Gasteiger partial charge is 0.223 e. The van der Waals surface area contributed by atoms with Crippen LogP contribution in [0.4, 0.5) is 0 Å². The van der Waals surface area contributed by atoms with Gasteiger partial charge in [-0.3, -0.25) is 4.79 Å². The predicted molar refractivity (Wildman–Crippen MR) is 64.5 cm³/mol. The van der Waals surface area contributed by atoms with Crippen molar-refractivity contribution in [2.75, 3.05) is 19.6 Å². The number of aromatic nitrogens is 1. The molecule has 1 saturated heterocycles. The highest BCUT2D eigenvalue weighted by molar-refractivity contribution is 7.07. The fourth-order valence-electron chi connectivity index (χ4n) is 1.91. The maximum Gasteiger partial charge on any atom is 0.223 e. The molecule has 16 heavy (non-hydrogen) atoms. The zero-order valence-electron chi connectivity index (χ0n) is 9.48. The highest BCUT2D eigenvalue weighted by atomic mass is 32.1. The first kappa shape index (κ1) is 11.5. The van der Waals surface area contributed by atoms with Crippen molar-refractivity contribution in [3.63, 3.8) is 0 Å². The maximum absolute atomic E-state index is 11.9. The van der Waals surface area contributed by atoms with Gasteiger partial charge in [0.25, 0.3) is 0 Å². The summed E-state index contributed by atoms with van der Waals surface area (Å²) >= 11 is 1.58. The van der Waals surface area contributed by atoms with Gasteiger partial charge in [-0.15, -0.1) is 11.3 Å². The second-order valence-corrected chi connectivity index (χ2v) is 4.89. The van der Waals surface area contributed by atoms with Gasteiger partial charge in [-0.2, -0.15) is 0 Å². The van der Waals surface area contributed by atoms with Crippen LogP contribution in [0.25, 0.3) is 0 Å². The second kappa shape index (κ2) is 5.41. The van der Waals surface area contributed by atoms with Gasteiger partial charge >= 0.3 is 0 Å². The highest BCUT2D eigenvalue weighted by Crippen LogP contribution is 2.07. The Balaban J connectivity index is 1.79. The number of rotatable bonds is 3. The van der Waals surface area contributed by atoms with E-state index in [0.29, 0.717) is 12.5 Å². The molecule has 1 unspecified atom stereocenters. The lowest BCUT2D eigenvalue weighted by Gasteiger charge is -2.31. The van der Waals surface area contributed by atoms with E-state index in [1.807, 2.05) is 15.8 Å². The predicted octanol–water partition coefficient (Wildman–Crippen LogP) is 0.896. The number of amides is 1. The molecule has 2 rings (SSSR count). The maximum atomic E-state index is 11.9. The lowest BCUT2D eigenvalue weighted by atomic mass is 10.2. The van der Waals surface area contributed by atoms with Crippen molar-refractivity contribution in [1.82, 2.24) is 15.2 Å². The summed E-state index contributed by atoms with van der Waals surface area (Å²) < 4.78 is 0. The molecular weight excluding hydrogens is 222 g/mol. The molecule has 1 aromatic rings. The number of nitrogens with one attached hydrogen (secondary N) is 1. The standard InChI is InChI=1S/C11H17N3OS/c1-9-6-14(5-4-12-9)11(15)3-2-10-7-16-8-13-10/h7-9,12H,2-6H2,1H3. The van der Waals surface area contributed by atoms with Crippen molar-refractivity contribution in [3.05, 3.63) is 16.6 Å². The average molecular weight is 239 g/mol. The molecule has 0 aromatic carbocycles. The molecule has 2 heterocycles. The molecule has 4 nitrogen and oxygen atoms in total. The number of hydrogen-bond acceptors (Lipinski definition) is 4. The van der Waals surface area contributed by atoms with Crippen LogP contribution in [0.3, 0.4) is 0 Å². The minimum absolute atomic E-state index is 0.251. The Morgan fingerprint density at radius 1 is 1.75 bits per heavy atom. The molecule has 1 N–H and O–H groups in total. The molecule has 1 amide bonds. The Bertz CT molecular complexity index is 339. The molecular formula is C11H17N3OS. The second-order valence-electron chi connectivity index (χ2n) is 4.17. The summed E-state index contributed by atoms with van der Waals surface area (Å²) in [6, 6.07) is 0.414. The van der Waals surface area contributed by atoms with Crippen LogP contribution in [-0.2, 0) is 11.2 Å². The fraction of sp³-hybridized carbons (Fsp3) is 0.636. The van der Waals surface area contributed by atoms with Crippen molar-refractivity contribution in [1.29, 1.82) is 0 Å². The number of thiazole rings is 1. The number of carbonyl (C=O) groups is 1. The van der Waals surface area contributed by atoms with E-state index < -0.39 is 0 Å². The van der Waals surface area contributed by atoms with Crippen LogP contribution >= 0.6 is 11.3 Å². The summed E-state index contributed by atoms with van der Waals surface area (Å²) in [5.41, 5.74) is 2.84. The molecule has 1 atom stereocenters. The van der Waals surface area contributed by atoms with E-state index in [1.165, 1.54) is 0 Å². The van der Waals surface area contributed by atoms with E-state index in [-0.39, 0.29) is 5.91 Å². The zero-order chi connectivity index (χ0) is 11.4. The van der Waals surface area contributed by atoms with Gasteiger partial charge in [0.1, 0.15) is 0 Å². The van der Waals surface area contributed by atoms with Crippen LogP contribution in [0.2, 0.25) is 0 Å². The molecule has 0 bridgehead atoms. The molecule has 0 radical (unpaired) electrons. The molecule has 1 aromatic heterocycles. The first-order chi connectivity index (χ1) is 7.75. The monoisotopic (exact) mass is 239 g/mol. The van der Waals surface area contributed by atoms with Crippen molar-refractivity contribution in [2.24, 2.45) is 0 Å². The van der Waals surface area contributed by atoms with E-state index in [9.17, 15) is 4.79 Å². The quantitative estimate of drug-likeness (QED) is 0.852. The first-order valence-corrected chi connectivity index (χ1v) is 6.58. The number of piperazine rings is 1. The minimum atomic E-state index is 0.251. The minimum Gasteiger partial charge on any atom is -0.340 e. The fourth-order valence-corrected chi connectivity index (χ4v) is 2.51. The van der Waals surface area contributed by atoms with Gasteiger partial charge in [0, 0.05) is 37.5 Å². The number of nitrogens with zero attached hydrogens (tertiary/aromatic N) is 2. The Labute approximate surface area is 99.7 Å². The third-order valence-electron chi connectivity index (χ3n) is 2.80. The normalized spacial score (nSPS) is 21.1. The number of hydrogen-bond donors (Lipinski definition) is 1. The zero-order valence-corrected chi connectivity index (χ0v) is 10.3. The molecule has 1 aliphatic rings. The van der Waals surface area contributed by atoms with Crippen LogP contribution in [0.1, 0.15) is 19.0 Å². The van der Waals surface area contributed by atoms with Crippen LogP contribution in [0.5, 0.6) is 0 Å². The van der Waals surface area contributed by atoms with Gasteiger partial charge in [0.15, 0.2) is 0 Å². The Hall–Kier alpha value is -0.940. The molecule has 0 aliphatic carbocycles. The summed E-state index contributed by atoms with van der Waals surface area (Å²) in [5.74, 6) is 0.251. The Kier molecular flexibility index (Phi) is 3.90. The largest absolute Gasteiger partial charge is 0.340 e. The van der Waals surface area contributed by atoms with E-state index in [4.69, 9.17) is 0 Å². The number of carbonyl (C=O) groups excluding carboxylic acids is 1. The summed E-state index contributed by atoms with van der Waals surface area (Å²) in [6.45, 7) is 4.68. The average Bonchev–Trinajstić information content (AvgIpc) is 2.78. The third kappa shape index (κ3) is 3.02. The summed E-state index contributed by atoms with van der Waals surface area (Å²) in [5, 5.41) is 5.34. The van der Waals surface area contributed by atoms with Crippen molar-refractivity contribution in [2.45, 2.75) is 25.8 Å². The highest BCUT2D eigenvalue weighted by Gasteiger charge is 2.19. The topological polar surface area (TPSA) is 45.2 Å². The molecule has 1 aliphatic heterocycles. The van der Waals surface area contributed by atoms with E-state index >= 15 is 0 Å². The molecule has 0 saturated carbocycles. The van der Waals surface area contributed by atoms with Crippen LogP contribution in [0, 0.1) is 0 Å². The van der Waals surface area contributed by atoms with Crippen LogP contribution < -0.4 is 5.32 Å². The van der Waals surface area contributed by atoms with Crippen molar-refractivity contribution < 1.29 is 4.79 Å². The molecule has 88 valence electrons. The van der Waals surface area contributed by atoms with Crippen LogP contribution in [0.15, 0.2) is 10.9 Å². The van der Waals surface area contributed by atoms with Gasteiger partial charge in [-0.05, 0) is 13.3 Å². The molecule has 0 spiro atoms. The van der Waals surface area contributed by atoms with Crippen molar-refractivity contribution >= 4 is 17.2 Å². The number of aryl methyl sites for hydroxylation is 1. The Morgan fingerprint density at radius 3 is 3.31 bits per heavy atom. The van der Waals surface area contributed by atoms with E-state index in [0.717, 1.165) is 31.7 Å². The lowest BCUT2D eigenvalue weighted by Crippen LogP contribution is -2.51. The van der Waals surface area contributed by atoms with Gasteiger partial charge in [0.05, 0.1) is 11.2 Å². The van der Waals surface area contributed by atoms with Gasteiger partial charge in [0.2, 0.25) is 5.91 Å². The molecule has 5 heteroatoms. The third-order valence-corrected chi connectivity index (χ3v) is 3.44. The van der Waals surface area contributed by atoms with Crippen LogP contribution in [-0.4, -0.2) is 41.5 Å². The Morgan fingerprint density at radius 2 is 2.62 bits per heavy atom. The van der Waals surface area contributed by atoms with Gasteiger partial charge < -0.3 is 10.2 Å². The summed E-state index contributed by atoms with van der Waals surface area (Å²) in [7, 11) is 0. The van der Waals surface area contributed by atoms with E-state index in [1.54, 1.807) is 11.3 Å². The van der Waals surface area contributed by atoms with Crippen molar-refractivity contribution in [3.8, 4) is 0 Å². The lowest BCUT2D eigenvalue weighted by molar-refractivity contribution is -0.132. The van der Waals surface area contributed by atoms with Gasteiger partial charge in [-0.25, -0.2) is 4.98 Å². The SMILES string of the molecule is CC1CN(C(=O)CCc2cscn2)CCN1. The first-order valence-electron chi connectivity index (χ1n) is 5.64. The molecule has 1 fully saturated rings. The summed E-state index contributed by atoms with van der Waals surface area (Å²) in [4.78, 5) is 18.0.